The van der Waals surface area contributed by atoms with E-state index in [0.29, 0.717) is 25.8 Å². The van der Waals surface area contributed by atoms with Crippen LogP contribution in [0, 0.1) is 11.8 Å². The second-order valence-corrected chi connectivity index (χ2v) is 12.8. The molecule has 1 aromatic heterocycles. The number of unbranched alkanes of at least 4 members (excludes halogenated alkanes) is 2. The Morgan fingerprint density at radius 3 is 2.82 bits per heavy atom. The van der Waals surface area contributed by atoms with E-state index in [1.54, 1.807) is 39.2 Å². The van der Waals surface area contributed by atoms with Gasteiger partial charge in [-0.25, -0.2) is 4.68 Å². The van der Waals surface area contributed by atoms with Crippen LogP contribution in [0.25, 0.3) is 11.0 Å². The van der Waals surface area contributed by atoms with Crippen molar-refractivity contribution in [2.75, 3.05) is 26.3 Å². The molecule has 0 aliphatic carbocycles. The molecule has 3 aliphatic heterocycles. The molecule has 1 spiro atoms. The Labute approximate surface area is 232 Å². The lowest BCUT2D eigenvalue weighted by molar-refractivity contribution is -0.155. The van der Waals surface area contributed by atoms with Gasteiger partial charge in [0.25, 0.3) is 0 Å². The quantitative estimate of drug-likeness (QED) is 0.241. The second kappa shape index (κ2) is 10.9. The molecule has 2 unspecified atom stereocenters. The number of aliphatic hydroxyl groups excluding tert-OH is 1. The third-order valence-corrected chi connectivity index (χ3v) is 10.5. The first-order chi connectivity index (χ1) is 18.8. The van der Waals surface area contributed by atoms with Gasteiger partial charge in [-0.1, -0.05) is 23.4 Å². The van der Waals surface area contributed by atoms with Crippen LogP contribution in [0.1, 0.15) is 46.0 Å². The lowest BCUT2D eigenvalue weighted by atomic mass is 9.66. The van der Waals surface area contributed by atoms with Gasteiger partial charge in [0.2, 0.25) is 11.8 Å². The van der Waals surface area contributed by atoms with Crippen molar-refractivity contribution in [3.63, 3.8) is 0 Å². The fourth-order valence-corrected chi connectivity index (χ4v) is 9.17. The number of likely N-dealkylation sites (tertiary alicyclic amines) is 1. The van der Waals surface area contributed by atoms with Gasteiger partial charge in [0.05, 0.1) is 28.7 Å². The van der Waals surface area contributed by atoms with Crippen LogP contribution < -0.4 is 0 Å². The fourth-order valence-electron chi connectivity index (χ4n) is 6.84. The summed E-state index contributed by atoms with van der Waals surface area (Å²) in [5, 5.41) is 17.8. The van der Waals surface area contributed by atoms with E-state index in [1.165, 1.54) is 0 Å². The van der Waals surface area contributed by atoms with Crippen LogP contribution in [0.4, 0.5) is 0 Å². The highest BCUT2D eigenvalue weighted by molar-refractivity contribution is 8.02. The average molecular weight is 556 g/mol. The minimum atomic E-state index is -0.717. The first kappa shape index (κ1) is 27.6. The van der Waals surface area contributed by atoms with E-state index in [2.05, 4.69) is 16.9 Å². The molecular formula is C28H37N5O5S. The van der Waals surface area contributed by atoms with E-state index in [4.69, 9.17) is 4.74 Å². The van der Waals surface area contributed by atoms with Crippen LogP contribution in [0.3, 0.4) is 0 Å². The summed E-state index contributed by atoms with van der Waals surface area (Å²) in [6.45, 7) is 8.85. The topological polar surface area (TPSA) is 118 Å². The number of hydrogen-bond donors (Lipinski definition) is 1. The van der Waals surface area contributed by atoms with E-state index < -0.39 is 27.4 Å². The fraction of sp³-hybridized carbons (Fsp3) is 0.607. The number of aliphatic hydroxyl groups is 1. The van der Waals surface area contributed by atoms with Crippen LogP contribution in [-0.2, 0) is 25.8 Å². The van der Waals surface area contributed by atoms with Gasteiger partial charge in [0.1, 0.15) is 18.2 Å². The van der Waals surface area contributed by atoms with Gasteiger partial charge in [0.15, 0.2) is 0 Å². The highest BCUT2D eigenvalue weighted by Crippen LogP contribution is 2.71. The lowest BCUT2D eigenvalue weighted by Crippen LogP contribution is -2.55. The van der Waals surface area contributed by atoms with Crippen LogP contribution >= 0.6 is 11.8 Å². The number of thioether (sulfide) groups is 1. The average Bonchev–Trinajstić information content (AvgIpc) is 3.62. The van der Waals surface area contributed by atoms with Crippen LogP contribution in [0.5, 0.6) is 0 Å². The SMILES string of the molecule is C=CCN(Cn1nnc2ccccc21)C(=O)C1N(CCCCCO)C(=O)[C@@H]2[C@@H](C(=O)OCC)[C@@]3(C)CCC12S3. The van der Waals surface area contributed by atoms with Gasteiger partial charge >= 0.3 is 5.97 Å². The number of rotatable bonds is 12. The largest absolute Gasteiger partial charge is 0.466 e. The molecule has 4 heterocycles. The molecule has 210 valence electrons. The van der Waals surface area contributed by atoms with Gasteiger partial charge < -0.3 is 19.6 Å². The molecule has 5 rings (SSSR count). The molecular weight excluding hydrogens is 518 g/mol. The first-order valence-corrected chi connectivity index (χ1v) is 14.6. The van der Waals surface area contributed by atoms with Crippen molar-refractivity contribution < 1.29 is 24.2 Å². The molecule has 2 bridgehead atoms. The molecule has 10 nitrogen and oxygen atoms in total. The summed E-state index contributed by atoms with van der Waals surface area (Å²) in [7, 11) is 0. The third-order valence-electron chi connectivity index (χ3n) is 8.49. The van der Waals surface area contributed by atoms with E-state index in [0.717, 1.165) is 23.9 Å². The number of para-hydroxylation sites is 1. The summed E-state index contributed by atoms with van der Waals surface area (Å²) in [6.07, 6.45) is 5.14. The Balaban J connectivity index is 1.51. The number of fused-ring (bicyclic) bond motifs is 2. The van der Waals surface area contributed by atoms with Crippen molar-refractivity contribution >= 4 is 40.6 Å². The van der Waals surface area contributed by atoms with Gasteiger partial charge in [-0.15, -0.1) is 23.4 Å². The van der Waals surface area contributed by atoms with Gasteiger partial charge in [-0.3, -0.25) is 14.4 Å². The lowest BCUT2D eigenvalue weighted by Gasteiger charge is -2.37. The maximum Gasteiger partial charge on any atom is 0.311 e. The molecule has 1 N–H and O–H groups in total. The highest BCUT2D eigenvalue weighted by atomic mass is 32.2. The van der Waals surface area contributed by atoms with E-state index in [9.17, 15) is 19.5 Å². The molecule has 3 aliphatic rings. The van der Waals surface area contributed by atoms with Gasteiger partial charge in [-0.2, -0.15) is 0 Å². The molecule has 3 saturated heterocycles. The van der Waals surface area contributed by atoms with Crippen molar-refractivity contribution in [2.45, 2.75) is 68.2 Å². The van der Waals surface area contributed by atoms with Crippen LogP contribution in [-0.4, -0.2) is 89.5 Å². The first-order valence-electron chi connectivity index (χ1n) is 13.8. The molecule has 11 heteroatoms. The van der Waals surface area contributed by atoms with Crippen molar-refractivity contribution in [2.24, 2.45) is 11.8 Å². The normalized spacial score (nSPS) is 29.2. The molecule has 2 aromatic rings. The van der Waals surface area contributed by atoms with Crippen molar-refractivity contribution in [1.82, 2.24) is 24.8 Å². The van der Waals surface area contributed by atoms with E-state index >= 15 is 0 Å². The van der Waals surface area contributed by atoms with Crippen molar-refractivity contribution in [1.29, 1.82) is 0 Å². The predicted octanol–water partition coefficient (Wildman–Crippen LogP) is 2.61. The van der Waals surface area contributed by atoms with E-state index in [-0.39, 0.29) is 44.2 Å². The Morgan fingerprint density at radius 2 is 2.08 bits per heavy atom. The van der Waals surface area contributed by atoms with E-state index in [1.807, 2.05) is 31.2 Å². The summed E-state index contributed by atoms with van der Waals surface area (Å²) >= 11 is 1.64. The Morgan fingerprint density at radius 1 is 1.28 bits per heavy atom. The van der Waals surface area contributed by atoms with Gasteiger partial charge in [-0.05, 0) is 58.1 Å². The van der Waals surface area contributed by atoms with Crippen LogP contribution in [0.15, 0.2) is 36.9 Å². The number of benzene rings is 1. The number of carbonyl (C=O) groups excluding carboxylic acids is 3. The molecule has 2 amide bonds. The summed E-state index contributed by atoms with van der Waals surface area (Å²) in [5.41, 5.74) is 1.55. The standard InChI is InChI=1S/C28H37N5O5S/c1-4-15-31(18-33-20-12-8-7-11-19(20)29-30-33)25(36)23-28-14-13-27(3,39-28)22(26(37)38-5-2)21(28)24(35)32(23)16-9-6-10-17-34/h4,7-8,11-12,21-23,34H,1,5-6,9-10,13-18H2,2-3H3/t21-,22-,23?,27+,28?/m0/s1. The maximum atomic E-state index is 14.5. The molecule has 0 saturated carbocycles. The minimum absolute atomic E-state index is 0.0843. The summed E-state index contributed by atoms with van der Waals surface area (Å²) < 4.78 is 5.98. The number of ether oxygens (including phenoxy) is 1. The summed E-state index contributed by atoms with van der Waals surface area (Å²) in [4.78, 5) is 45.3. The number of nitrogens with zero attached hydrogens (tertiary/aromatic N) is 5. The number of amides is 2. The van der Waals surface area contributed by atoms with Crippen LogP contribution in [0.2, 0.25) is 0 Å². The zero-order valence-electron chi connectivity index (χ0n) is 22.6. The minimum Gasteiger partial charge on any atom is -0.466 e. The number of aromatic nitrogens is 3. The summed E-state index contributed by atoms with van der Waals surface area (Å²) in [6, 6.07) is 6.85. The molecule has 0 radical (unpaired) electrons. The zero-order valence-corrected chi connectivity index (χ0v) is 23.4. The maximum absolute atomic E-state index is 14.5. The Bertz CT molecular complexity index is 1270. The monoisotopic (exact) mass is 555 g/mol. The predicted molar refractivity (Wildman–Crippen MR) is 147 cm³/mol. The van der Waals surface area contributed by atoms with Crippen molar-refractivity contribution in [3.05, 3.63) is 36.9 Å². The molecule has 1 aromatic carbocycles. The van der Waals surface area contributed by atoms with Gasteiger partial charge in [0, 0.05) is 24.4 Å². The summed E-state index contributed by atoms with van der Waals surface area (Å²) in [5.74, 6) is -1.86. The Hall–Kier alpha value is -2.92. The third kappa shape index (κ3) is 4.53. The molecule has 39 heavy (non-hydrogen) atoms. The number of hydrogen-bond acceptors (Lipinski definition) is 8. The highest BCUT2D eigenvalue weighted by Gasteiger charge is 2.77. The zero-order chi connectivity index (χ0) is 27.8. The number of esters is 1. The smallest absolute Gasteiger partial charge is 0.311 e. The second-order valence-electron chi connectivity index (χ2n) is 10.9. The van der Waals surface area contributed by atoms with Crippen molar-refractivity contribution in [3.8, 4) is 0 Å². The Kier molecular flexibility index (Phi) is 7.74. The molecule has 5 atom stereocenters. The molecule has 3 fully saturated rings. The number of carbonyl (C=O) groups is 3.